The Bertz CT molecular complexity index is 766. The van der Waals surface area contributed by atoms with Crippen LogP contribution in [-0.4, -0.2) is 16.0 Å². The molecule has 0 aliphatic carbocycles. The van der Waals surface area contributed by atoms with E-state index in [1.54, 1.807) is 24.3 Å². The van der Waals surface area contributed by atoms with E-state index < -0.39 is 0 Å². The Morgan fingerprint density at radius 1 is 1.05 bits per heavy atom. The lowest BCUT2D eigenvalue weighted by molar-refractivity contribution is 0.430. The average molecular weight is 299 g/mol. The van der Waals surface area contributed by atoms with Gasteiger partial charge in [0.1, 0.15) is 5.84 Å². The molecule has 6 heteroatoms. The zero-order chi connectivity index (χ0) is 14.7. The molecular formula is C15H11ClN4O. The molecule has 2 N–H and O–H groups in total. The van der Waals surface area contributed by atoms with Crippen molar-refractivity contribution in [1.29, 1.82) is 0 Å². The molecule has 104 valence electrons. The first-order chi connectivity index (χ1) is 10.2. The summed E-state index contributed by atoms with van der Waals surface area (Å²) in [6.07, 6.45) is 0. The molecule has 2 aromatic carbocycles. The van der Waals surface area contributed by atoms with Crippen LogP contribution in [0.4, 0.5) is 6.01 Å². The molecule has 0 radical (unpaired) electrons. The fourth-order valence-corrected chi connectivity index (χ4v) is 1.88. The topological polar surface area (TPSA) is 77.3 Å². The number of benzene rings is 2. The van der Waals surface area contributed by atoms with Crippen LogP contribution in [0.5, 0.6) is 0 Å². The lowest BCUT2D eigenvalue weighted by Gasteiger charge is -1.98. The fourth-order valence-electron chi connectivity index (χ4n) is 1.75. The maximum atomic E-state index is 5.90. The van der Waals surface area contributed by atoms with Gasteiger partial charge in [-0.15, -0.1) is 0 Å². The first-order valence-corrected chi connectivity index (χ1v) is 6.59. The van der Waals surface area contributed by atoms with Gasteiger partial charge in [0, 0.05) is 16.1 Å². The second-order valence-corrected chi connectivity index (χ2v) is 4.71. The standard InChI is InChI=1S/C15H11ClN4O/c16-12-8-6-10(7-9-12)13(17)18-15-19-14(20-21-15)11-4-2-1-3-5-11/h1-9H,(H2,17,18,19,20). The van der Waals surface area contributed by atoms with Gasteiger partial charge in [-0.1, -0.05) is 47.1 Å². The Morgan fingerprint density at radius 3 is 2.48 bits per heavy atom. The Morgan fingerprint density at radius 2 is 1.76 bits per heavy atom. The highest BCUT2D eigenvalue weighted by atomic mass is 35.5. The average Bonchev–Trinajstić information content (AvgIpc) is 2.97. The van der Waals surface area contributed by atoms with Crippen molar-refractivity contribution in [2.75, 3.05) is 0 Å². The van der Waals surface area contributed by atoms with Crippen molar-refractivity contribution in [1.82, 2.24) is 10.1 Å². The fraction of sp³-hybridized carbons (Fsp3) is 0. The molecule has 0 aliphatic rings. The van der Waals surface area contributed by atoms with Gasteiger partial charge in [-0.2, -0.15) is 9.98 Å². The van der Waals surface area contributed by atoms with Gasteiger partial charge in [-0.25, -0.2) is 0 Å². The van der Waals surface area contributed by atoms with Gasteiger partial charge in [0.25, 0.3) is 0 Å². The van der Waals surface area contributed by atoms with Crippen molar-refractivity contribution in [3.8, 4) is 11.4 Å². The minimum atomic E-state index is 0.112. The van der Waals surface area contributed by atoms with Gasteiger partial charge in [-0.05, 0) is 24.3 Å². The van der Waals surface area contributed by atoms with Crippen molar-refractivity contribution >= 4 is 23.5 Å². The number of hydrogen-bond donors (Lipinski definition) is 1. The van der Waals surface area contributed by atoms with E-state index in [1.165, 1.54) is 0 Å². The van der Waals surface area contributed by atoms with E-state index in [1.807, 2.05) is 30.3 Å². The van der Waals surface area contributed by atoms with Crippen LogP contribution in [0.1, 0.15) is 5.56 Å². The molecule has 0 fully saturated rings. The summed E-state index contributed by atoms with van der Waals surface area (Å²) in [5.41, 5.74) is 7.49. The summed E-state index contributed by atoms with van der Waals surface area (Å²) in [6, 6.07) is 16.6. The SMILES string of the molecule is N/C(=N/c1nc(-c2ccccc2)no1)c1ccc(Cl)cc1. The summed E-state index contributed by atoms with van der Waals surface area (Å²) in [6.45, 7) is 0. The number of nitrogens with two attached hydrogens (primary N) is 1. The van der Waals surface area contributed by atoms with E-state index >= 15 is 0 Å². The van der Waals surface area contributed by atoms with E-state index in [0.29, 0.717) is 10.8 Å². The third-order valence-corrected chi connectivity index (χ3v) is 3.06. The maximum absolute atomic E-state index is 5.90. The van der Waals surface area contributed by atoms with Gasteiger partial charge in [0.15, 0.2) is 0 Å². The van der Waals surface area contributed by atoms with Crippen LogP contribution in [-0.2, 0) is 0 Å². The van der Waals surface area contributed by atoms with E-state index in [2.05, 4.69) is 15.1 Å². The highest BCUT2D eigenvalue weighted by molar-refractivity contribution is 6.30. The zero-order valence-corrected chi connectivity index (χ0v) is 11.7. The molecule has 1 aromatic heterocycles. The van der Waals surface area contributed by atoms with Crippen LogP contribution < -0.4 is 5.73 Å². The predicted molar refractivity (Wildman–Crippen MR) is 81.6 cm³/mol. The summed E-state index contributed by atoms with van der Waals surface area (Å²) in [5, 5.41) is 4.51. The van der Waals surface area contributed by atoms with Crippen molar-refractivity contribution in [3.05, 3.63) is 65.2 Å². The largest absolute Gasteiger partial charge is 0.383 e. The van der Waals surface area contributed by atoms with Crippen LogP contribution >= 0.6 is 11.6 Å². The maximum Gasteiger partial charge on any atom is 0.349 e. The molecule has 0 saturated heterocycles. The van der Waals surface area contributed by atoms with Crippen LogP contribution in [0.15, 0.2) is 64.1 Å². The molecule has 21 heavy (non-hydrogen) atoms. The Hall–Kier alpha value is -2.66. The van der Waals surface area contributed by atoms with Crippen molar-refractivity contribution < 1.29 is 4.52 Å². The third-order valence-electron chi connectivity index (χ3n) is 2.80. The summed E-state index contributed by atoms with van der Waals surface area (Å²) in [4.78, 5) is 8.31. The highest BCUT2D eigenvalue weighted by Gasteiger charge is 2.08. The molecule has 0 aliphatic heterocycles. The molecule has 0 amide bonds. The molecule has 0 saturated carbocycles. The van der Waals surface area contributed by atoms with Crippen LogP contribution in [0.2, 0.25) is 5.02 Å². The molecule has 0 unspecified atom stereocenters. The molecule has 0 spiro atoms. The van der Waals surface area contributed by atoms with Crippen molar-refractivity contribution in [2.45, 2.75) is 0 Å². The van der Waals surface area contributed by atoms with Gasteiger partial charge in [-0.3, -0.25) is 0 Å². The molecular weight excluding hydrogens is 288 g/mol. The summed E-state index contributed by atoms with van der Waals surface area (Å²) in [5.74, 6) is 0.758. The number of hydrogen-bond acceptors (Lipinski definition) is 4. The molecule has 1 heterocycles. The van der Waals surface area contributed by atoms with E-state index in [0.717, 1.165) is 11.1 Å². The number of rotatable bonds is 3. The molecule has 3 rings (SSSR count). The Balaban J connectivity index is 1.86. The minimum Gasteiger partial charge on any atom is -0.383 e. The first kappa shape index (κ1) is 13.3. The molecule has 3 aromatic rings. The Labute approximate surface area is 126 Å². The second kappa shape index (κ2) is 5.76. The van der Waals surface area contributed by atoms with E-state index in [9.17, 15) is 0 Å². The van der Waals surface area contributed by atoms with Crippen LogP contribution in [0.25, 0.3) is 11.4 Å². The lowest BCUT2D eigenvalue weighted by atomic mass is 10.2. The summed E-state index contributed by atoms with van der Waals surface area (Å²) >= 11 is 5.83. The van der Waals surface area contributed by atoms with Gasteiger partial charge in [0.2, 0.25) is 5.82 Å². The number of aliphatic imine (C=N–C) groups is 1. The van der Waals surface area contributed by atoms with Gasteiger partial charge in [0.05, 0.1) is 0 Å². The van der Waals surface area contributed by atoms with E-state index in [4.69, 9.17) is 21.9 Å². The molecule has 0 bridgehead atoms. The highest BCUT2D eigenvalue weighted by Crippen LogP contribution is 2.19. The van der Waals surface area contributed by atoms with Crippen molar-refractivity contribution in [3.63, 3.8) is 0 Å². The number of aromatic nitrogens is 2. The summed E-state index contributed by atoms with van der Waals surface area (Å²) in [7, 11) is 0. The van der Waals surface area contributed by atoms with Gasteiger partial charge < -0.3 is 10.3 Å². The lowest BCUT2D eigenvalue weighted by Crippen LogP contribution is -2.12. The quantitative estimate of drug-likeness (QED) is 0.593. The number of halogens is 1. The monoisotopic (exact) mass is 298 g/mol. The Kier molecular flexibility index (Phi) is 3.66. The number of amidine groups is 1. The van der Waals surface area contributed by atoms with Crippen LogP contribution in [0, 0.1) is 0 Å². The normalized spacial score (nSPS) is 11.6. The van der Waals surface area contributed by atoms with Gasteiger partial charge >= 0.3 is 6.01 Å². The third kappa shape index (κ3) is 3.09. The molecule has 5 nitrogen and oxygen atoms in total. The zero-order valence-electron chi connectivity index (χ0n) is 10.9. The van der Waals surface area contributed by atoms with Crippen molar-refractivity contribution in [2.24, 2.45) is 10.7 Å². The predicted octanol–water partition coefficient (Wildman–Crippen LogP) is 3.43. The van der Waals surface area contributed by atoms with E-state index in [-0.39, 0.29) is 11.9 Å². The molecule has 0 atom stereocenters. The minimum absolute atomic E-state index is 0.112. The summed E-state index contributed by atoms with van der Waals surface area (Å²) < 4.78 is 5.08. The first-order valence-electron chi connectivity index (χ1n) is 6.21. The van der Waals surface area contributed by atoms with Crippen LogP contribution in [0.3, 0.4) is 0 Å². The smallest absolute Gasteiger partial charge is 0.349 e. The number of nitrogens with zero attached hydrogens (tertiary/aromatic N) is 3. The second-order valence-electron chi connectivity index (χ2n) is 4.27.